The molecule has 0 amide bonds. The van der Waals surface area contributed by atoms with Gasteiger partial charge in [0.1, 0.15) is 126 Å². The average Bonchev–Trinajstić information content (AvgIpc) is 1.65. The van der Waals surface area contributed by atoms with Crippen molar-refractivity contribution in [3.63, 3.8) is 0 Å². The number of hydrogen-bond acceptors (Lipinski definition) is 45. The van der Waals surface area contributed by atoms with E-state index in [9.17, 15) is 72.5 Å². The predicted octanol–water partition coefficient (Wildman–Crippen LogP) is -20.0. The number of aromatic amines is 3. The van der Waals surface area contributed by atoms with Gasteiger partial charge in [0, 0.05) is 92.4 Å². The number of nitrogens with one attached hydrogen (secondary N) is 3. The Labute approximate surface area is 909 Å². The molecule has 0 spiro atoms. The Bertz CT molecular complexity index is 5930. The van der Waals surface area contributed by atoms with Crippen LogP contribution in [0.25, 0.3) is 0 Å². The van der Waals surface area contributed by atoms with E-state index < -0.39 is 265 Å². The minimum Gasteiger partial charge on any atom is -0.780 e. The van der Waals surface area contributed by atoms with E-state index >= 15 is 0 Å². The molecule has 12 heterocycles. The third kappa shape index (κ3) is 33.5. The van der Waals surface area contributed by atoms with E-state index in [-0.39, 0.29) is 231 Å². The molecular formula is C65H87N15Na6O33P6S6. The molecule has 0 radical (unpaired) electrons. The number of ether oxygens (including phenoxy) is 6. The second-order valence-electron chi connectivity index (χ2n) is 31.7. The Hall–Kier alpha value is 1.02. The molecule has 6 saturated heterocycles. The van der Waals surface area contributed by atoms with Gasteiger partial charge in [-0.2, -0.15) is 15.0 Å². The van der Waals surface area contributed by atoms with Crippen LogP contribution in [-0.2, 0) is 154 Å². The zero-order valence-electron chi connectivity index (χ0n) is 73.4. The van der Waals surface area contributed by atoms with Crippen molar-refractivity contribution in [3.05, 3.63) is 166 Å². The number of aryl methyl sites for hydroxylation is 3. The number of H-pyrrole nitrogens is 3. The van der Waals surface area contributed by atoms with E-state index in [1.165, 1.54) is 68.3 Å². The summed E-state index contributed by atoms with van der Waals surface area (Å²) in [4.78, 5) is 221. The molecule has 6 aromatic heterocycles. The monoisotopic (exact) mass is 2120 g/mol. The van der Waals surface area contributed by atoms with Gasteiger partial charge in [-0.15, -0.1) is 0 Å². The third-order valence-corrected chi connectivity index (χ3v) is 29.3. The van der Waals surface area contributed by atoms with E-state index in [0.717, 1.165) is 35.2 Å². The number of aromatic nitrogens is 12. The molecule has 66 heteroatoms. The van der Waals surface area contributed by atoms with Gasteiger partial charge in [-0.3, -0.25) is 56.7 Å². The van der Waals surface area contributed by atoms with Crippen LogP contribution in [0.5, 0.6) is 0 Å². The molecule has 12 rings (SSSR count). The average molecular weight is 2120 g/mol. The van der Waals surface area contributed by atoms with Crippen molar-refractivity contribution in [2.75, 3.05) is 50.2 Å². The summed E-state index contributed by atoms with van der Waals surface area (Å²) in [7, 11) is 0. The number of hydrogen-bond donors (Lipinski definition) is 6. The molecule has 0 saturated carbocycles. The van der Waals surface area contributed by atoms with Gasteiger partial charge in [0.05, 0.1) is 81.4 Å². The Morgan fingerprint density at radius 3 is 0.786 bits per heavy atom. The molecule has 48 nitrogen and oxygen atoms in total. The fourth-order valence-electron chi connectivity index (χ4n) is 14.1. The van der Waals surface area contributed by atoms with E-state index in [4.69, 9.17) is 171 Å². The summed E-state index contributed by atoms with van der Waals surface area (Å²) in [5, 5.41) is 0. The van der Waals surface area contributed by atoms with Crippen LogP contribution >= 0.6 is 40.3 Å². The summed E-state index contributed by atoms with van der Waals surface area (Å²) in [6, 6.07) is 3.92. The van der Waals surface area contributed by atoms with Crippen LogP contribution in [0.1, 0.15) is 141 Å². The minimum absolute atomic E-state index is 0. The SMILES string of the molecule is Cc1cn([C@H]2CC(OP([O-])(=S)OC[C@H]3O[C@@H](n4cc(C)c(=O)[nH]c4=O)CC3OP([O-])(=S)OC[C@H]3O[C@@H](n4ccc(N)nc4=O)CC3OP([O-])(=S)OC[C@H]3O[C@@H](n4cc(C)c(=O)[nH]c4=O)CC3OP([O-])(=S)OC(C)(C)C)[C@@H](COP([O-])(=S)OC3C[C@H](n4ccc(N)nc4=O)O[C@@H]3COP([O-])(=S)OC3C[C@H](n4ccc(N)nc4=O)O[C@@H]3CC(C)(C)C)O2)c(=O)[nH]c1=O.[Na+].[Na+].[Na+].[Na+].[Na+].[Na+]. The molecule has 0 aromatic carbocycles. The molecule has 6 aliphatic rings. The molecule has 12 unspecified atom stereocenters. The molecule has 6 fully saturated rings. The molecule has 0 aliphatic carbocycles. The maximum Gasteiger partial charge on any atom is 1.00 e. The smallest absolute Gasteiger partial charge is 0.780 e. The first-order valence-corrected chi connectivity index (χ1v) is 53.3. The summed E-state index contributed by atoms with van der Waals surface area (Å²) in [5.41, 5.74) is 8.25. The first-order valence-electron chi connectivity index (χ1n) is 37.9. The van der Waals surface area contributed by atoms with Gasteiger partial charge in [0.2, 0.25) is 0 Å². The second-order valence-corrected chi connectivity index (χ2v) is 47.9. The van der Waals surface area contributed by atoms with Crippen molar-refractivity contribution in [3.8, 4) is 0 Å². The molecule has 0 bridgehead atoms. The quantitative estimate of drug-likeness (QED) is 0.0159. The summed E-state index contributed by atoms with van der Waals surface area (Å²) in [6.07, 6.45) is -19.1. The van der Waals surface area contributed by atoms with Crippen LogP contribution in [0, 0.1) is 26.2 Å². The van der Waals surface area contributed by atoms with Crippen molar-refractivity contribution in [1.82, 2.24) is 57.3 Å². The number of nitrogen functional groups attached to an aromatic ring is 3. The molecule has 692 valence electrons. The largest absolute Gasteiger partial charge is 1.00 e. The van der Waals surface area contributed by atoms with Gasteiger partial charge in [0.15, 0.2) is 0 Å². The van der Waals surface area contributed by atoms with Gasteiger partial charge >= 0.3 is 211 Å². The zero-order valence-corrected chi connectivity index (χ0v) is 95.7. The van der Waals surface area contributed by atoms with Crippen LogP contribution in [0.4, 0.5) is 17.5 Å². The molecule has 9 N–H and O–H groups in total. The molecule has 6 aromatic rings. The maximum atomic E-state index is 14.8. The molecule has 131 heavy (non-hydrogen) atoms. The van der Waals surface area contributed by atoms with E-state index in [1.54, 1.807) is 20.8 Å². The summed E-state index contributed by atoms with van der Waals surface area (Å²) in [5.74, 6) is -0.371. The predicted molar refractivity (Wildman–Crippen MR) is 448 cm³/mol. The van der Waals surface area contributed by atoms with Crippen LogP contribution in [0.3, 0.4) is 0 Å². The Balaban J connectivity index is 0.00000440. The number of rotatable bonds is 35. The topological polar surface area (TPSA) is 652 Å². The van der Waals surface area contributed by atoms with Crippen LogP contribution in [-0.4, -0.2) is 169 Å². The van der Waals surface area contributed by atoms with Crippen molar-refractivity contribution >= 4 is 129 Å². The third-order valence-electron chi connectivity index (χ3n) is 19.7. The fourth-order valence-corrected chi connectivity index (χ4v) is 23.7. The Morgan fingerprint density at radius 2 is 0.573 bits per heavy atom. The van der Waals surface area contributed by atoms with E-state index in [0.29, 0.717) is 6.42 Å². The fraction of sp³-hybridized carbons (Fsp3) is 0.631. The summed E-state index contributed by atoms with van der Waals surface area (Å²) >= 11 is 32.4. The molecule has 24 atom stereocenters. The van der Waals surface area contributed by atoms with Crippen LogP contribution in [0.15, 0.2) is 98.5 Å². The molecule has 6 aliphatic heterocycles. The van der Waals surface area contributed by atoms with Crippen molar-refractivity contribution in [2.45, 2.75) is 223 Å². The van der Waals surface area contributed by atoms with Crippen LogP contribution < -0.4 is 275 Å². The van der Waals surface area contributed by atoms with Gasteiger partial charge < -0.3 is 129 Å². The van der Waals surface area contributed by atoms with Gasteiger partial charge in [0.25, 0.3) is 16.7 Å². The Morgan fingerprint density at radius 1 is 0.366 bits per heavy atom. The Kier molecular flexibility index (Phi) is 45.8. The number of anilines is 3. The first-order chi connectivity index (χ1) is 58.1. The van der Waals surface area contributed by atoms with Crippen molar-refractivity contribution in [1.29, 1.82) is 0 Å². The van der Waals surface area contributed by atoms with Gasteiger partial charge in [-0.25, -0.2) is 28.8 Å². The summed E-state index contributed by atoms with van der Waals surface area (Å²) in [6.45, 7) is -18.5. The van der Waals surface area contributed by atoms with E-state index in [1.807, 2.05) is 20.8 Å². The standard InChI is InChI=1S/C65H93N15O33P6S6.6Na/c1-31-23-78(61(87)72-55(31)81)52-19-37(110-117(93,123)97-27-42-36(18-51(103-42)77-15-12-48(68)71-60(77)86)109-116(92,122)100-30-45-39(112-119(95,125)113-65(7,8)9)21-54(106-45)80-25-33(3)57(83)74-63(80)89)44(105-52)29-99-118(94,124)111-38-20-53(79-24-32(2)56(82)73-62(79)88)104-43(38)28-98-115(91,121)108-35-17-50(76-14-11-47(67)70-59(76)85)102-41(35)26-96-114(90,120)107-34-16-49(101-40(34)22-64(4,5)6)75-13-10-46(66)69-58(75)84;;;;;;/h10-15,23-25,34-45,49-54H,16-22,26-30H2,1-9H3,(H,90,120)(H,91,121)(H,92,122)(H,93,123)(H,94,124)(H,95,125)(H2,66,69,84)(H2,67,70,85)(H2,68,71,86)(H,72,81,87)(H,73,82,88)(H,74,83,89);;;;;;/q;6*+1/p-6/t34?,35?,36?,37?,38?,39?,40-,41-,42-,43-,44-,45-,49-,50-,51-,52-,53-,54-,114?,115?,116?,117?,118?,119?;;;;;;/m1....../s1. The second kappa shape index (κ2) is 49.7. The van der Waals surface area contributed by atoms with E-state index in [2.05, 4.69) is 29.9 Å². The van der Waals surface area contributed by atoms with Crippen LogP contribution in [0.2, 0.25) is 0 Å². The first kappa shape index (κ1) is 121. The normalized spacial score (nSPS) is 28.2. The van der Waals surface area contributed by atoms with Gasteiger partial charge in [-0.05, 0) is 71.6 Å². The minimum atomic E-state index is -5.02. The summed E-state index contributed by atoms with van der Waals surface area (Å²) < 4.78 is 113. The molecular weight excluding hydrogens is 2030 g/mol. The zero-order chi connectivity index (χ0) is 91.3. The van der Waals surface area contributed by atoms with Crippen molar-refractivity contribution in [2.24, 2.45) is 5.41 Å². The number of nitrogens with zero attached hydrogens (tertiary/aromatic N) is 9. The van der Waals surface area contributed by atoms with Gasteiger partial charge in [-0.1, -0.05) is 91.6 Å². The van der Waals surface area contributed by atoms with Crippen molar-refractivity contribution < 1.29 is 289 Å². The maximum absolute atomic E-state index is 14.8. The number of nitrogens with two attached hydrogens (primary N) is 3.